The standard InChI is InChI=1S/C15H19N5S/c1-10-9-21-13(18-10)8-17-14-11-7-12(15(2,3)4)19-20(11)6-5-16-14/h5-7,9H,8H2,1-4H3,(H,16,17). The maximum absolute atomic E-state index is 4.63. The highest BCUT2D eigenvalue weighted by atomic mass is 32.1. The molecule has 0 aliphatic carbocycles. The first-order chi connectivity index (χ1) is 9.93. The first-order valence-electron chi connectivity index (χ1n) is 6.93. The number of nitrogens with one attached hydrogen (secondary N) is 1. The molecular formula is C15H19N5S. The van der Waals surface area contributed by atoms with Crippen molar-refractivity contribution < 1.29 is 0 Å². The van der Waals surface area contributed by atoms with E-state index in [2.05, 4.69) is 52.6 Å². The third-order valence-electron chi connectivity index (χ3n) is 3.23. The van der Waals surface area contributed by atoms with E-state index < -0.39 is 0 Å². The average molecular weight is 301 g/mol. The largest absolute Gasteiger partial charge is 0.362 e. The molecule has 0 aromatic carbocycles. The quantitative estimate of drug-likeness (QED) is 0.805. The lowest BCUT2D eigenvalue weighted by Crippen LogP contribution is -2.11. The lowest BCUT2D eigenvalue weighted by atomic mass is 9.92. The van der Waals surface area contributed by atoms with Crippen LogP contribution in [-0.2, 0) is 12.0 Å². The number of hydrogen-bond acceptors (Lipinski definition) is 5. The van der Waals surface area contributed by atoms with Gasteiger partial charge >= 0.3 is 0 Å². The van der Waals surface area contributed by atoms with Crippen molar-refractivity contribution in [1.29, 1.82) is 0 Å². The lowest BCUT2D eigenvalue weighted by Gasteiger charge is -2.13. The predicted molar refractivity (Wildman–Crippen MR) is 85.9 cm³/mol. The molecule has 0 saturated heterocycles. The van der Waals surface area contributed by atoms with Crippen molar-refractivity contribution in [3.63, 3.8) is 0 Å². The summed E-state index contributed by atoms with van der Waals surface area (Å²) in [6, 6.07) is 2.10. The molecule has 0 aliphatic rings. The second kappa shape index (κ2) is 5.11. The summed E-state index contributed by atoms with van der Waals surface area (Å²) in [5.41, 5.74) is 3.14. The van der Waals surface area contributed by atoms with Crippen molar-refractivity contribution in [2.45, 2.75) is 39.7 Å². The fourth-order valence-electron chi connectivity index (χ4n) is 2.07. The van der Waals surface area contributed by atoms with Gasteiger partial charge in [-0.15, -0.1) is 11.3 Å². The number of aromatic nitrogens is 4. The molecule has 0 unspecified atom stereocenters. The Labute approximate surface area is 128 Å². The van der Waals surface area contributed by atoms with Crippen molar-refractivity contribution in [2.24, 2.45) is 0 Å². The Hall–Kier alpha value is -1.95. The molecule has 3 aromatic rings. The van der Waals surface area contributed by atoms with Gasteiger partial charge in [-0.3, -0.25) is 0 Å². The van der Waals surface area contributed by atoms with Crippen LogP contribution >= 0.6 is 11.3 Å². The first-order valence-corrected chi connectivity index (χ1v) is 7.81. The van der Waals surface area contributed by atoms with Crippen LogP contribution in [0.2, 0.25) is 0 Å². The van der Waals surface area contributed by atoms with Gasteiger partial charge in [0.1, 0.15) is 10.5 Å². The van der Waals surface area contributed by atoms with Crippen molar-refractivity contribution in [3.05, 3.63) is 40.2 Å². The molecule has 0 saturated carbocycles. The van der Waals surface area contributed by atoms with E-state index in [1.807, 2.05) is 17.6 Å². The van der Waals surface area contributed by atoms with E-state index in [4.69, 9.17) is 0 Å². The van der Waals surface area contributed by atoms with E-state index in [9.17, 15) is 0 Å². The highest BCUT2D eigenvalue weighted by molar-refractivity contribution is 7.09. The SMILES string of the molecule is Cc1csc(CNc2nccn3nc(C(C)(C)C)cc23)n1. The van der Waals surface area contributed by atoms with Gasteiger partial charge in [0, 0.05) is 28.9 Å². The maximum Gasteiger partial charge on any atom is 0.152 e. The van der Waals surface area contributed by atoms with Gasteiger partial charge in [0.25, 0.3) is 0 Å². The molecule has 0 atom stereocenters. The molecular weight excluding hydrogens is 282 g/mol. The van der Waals surface area contributed by atoms with E-state index in [1.165, 1.54) is 0 Å². The fourth-order valence-corrected chi connectivity index (χ4v) is 2.78. The Morgan fingerprint density at radius 2 is 2.14 bits per heavy atom. The van der Waals surface area contributed by atoms with Crippen molar-refractivity contribution in [2.75, 3.05) is 5.32 Å². The Morgan fingerprint density at radius 1 is 1.33 bits per heavy atom. The van der Waals surface area contributed by atoms with Gasteiger partial charge in [-0.05, 0) is 13.0 Å². The second-order valence-corrected chi connectivity index (χ2v) is 7.06. The predicted octanol–water partition coefficient (Wildman–Crippen LogP) is 3.40. The van der Waals surface area contributed by atoms with Crippen molar-refractivity contribution in [3.8, 4) is 0 Å². The topological polar surface area (TPSA) is 55.1 Å². The van der Waals surface area contributed by atoms with Crippen LogP contribution in [0.1, 0.15) is 37.2 Å². The van der Waals surface area contributed by atoms with Crippen LogP contribution in [0.3, 0.4) is 0 Å². The van der Waals surface area contributed by atoms with Gasteiger partial charge < -0.3 is 5.32 Å². The van der Waals surface area contributed by atoms with Crippen LogP contribution < -0.4 is 5.32 Å². The molecule has 0 spiro atoms. The number of hydrogen-bond donors (Lipinski definition) is 1. The van der Waals surface area contributed by atoms with Crippen LogP contribution in [0.4, 0.5) is 5.82 Å². The molecule has 0 amide bonds. The minimum absolute atomic E-state index is 0.0235. The summed E-state index contributed by atoms with van der Waals surface area (Å²) in [5, 5.41) is 11.1. The molecule has 110 valence electrons. The lowest BCUT2D eigenvalue weighted by molar-refractivity contribution is 0.562. The number of rotatable bonds is 3. The zero-order valence-corrected chi connectivity index (χ0v) is 13.5. The average Bonchev–Trinajstić information content (AvgIpc) is 3.01. The second-order valence-electron chi connectivity index (χ2n) is 6.12. The molecule has 0 bridgehead atoms. The summed E-state index contributed by atoms with van der Waals surface area (Å²) in [5.74, 6) is 0.841. The van der Waals surface area contributed by atoms with Gasteiger partial charge in [-0.1, -0.05) is 20.8 Å². The molecule has 6 heteroatoms. The van der Waals surface area contributed by atoms with Crippen LogP contribution in [-0.4, -0.2) is 19.6 Å². The van der Waals surface area contributed by atoms with E-state index >= 15 is 0 Å². The molecule has 3 rings (SSSR count). The normalized spacial score (nSPS) is 12.0. The van der Waals surface area contributed by atoms with Gasteiger partial charge in [-0.25, -0.2) is 14.5 Å². The summed E-state index contributed by atoms with van der Waals surface area (Å²) in [6.07, 6.45) is 3.64. The number of aryl methyl sites for hydroxylation is 1. The van der Waals surface area contributed by atoms with Gasteiger partial charge in [0.15, 0.2) is 5.82 Å². The minimum Gasteiger partial charge on any atom is -0.362 e. The van der Waals surface area contributed by atoms with E-state index in [-0.39, 0.29) is 5.41 Å². The highest BCUT2D eigenvalue weighted by Crippen LogP contribution is 2.24. The van der Waals surface area contributed by atoms with Gasteiger partial charge in [0.2, 0.25) is 0 Å². The van der Waals surface area contributed by atoms with Crippen molar-refractivity contribution >= 4 is 22.7 Å². The Morgan fingerprint density at radius 3 is 2.81 bits per heavy atom. The monoisotopic (exact) mass is 301 g/mol. The van der Waals surface area contributed by atoms with Gasteiger partial charge in [-0.2, -0.15) is 5.10 Å². The summed E-state index contributed by atoms with van der Waals surface area (Å²) in [7, 11) is 0. The number of fused-ring (bicyclic) bond motifs is 1. The summed E-state index contributed by atoms with van der Waals surface area (Å²) in [4.78, 5) is 8.89. The molecule has 1 N–H and O–H groups in total. The van der Waals surface area contributed by atoms with Crippen LogP contribution in [0, 0.1) is 6.92 Å². The summed E-state index contributed by atoms with van der Waals surface area (Å²) >= 11 is 1.66. The van der Waals surface area contributed by atoms with Crippen molar-refractivity contribution in [1.82, 2.24) is 19.6 Å². The zero-order valence-electron chi connectivity index (χ0n) is 12.7. The van der Waals surface area contributed by atoms with Crippen LogP contribution in [0.15, 0.2) is 23.8 Å². The highest BCUT2D eigenvalue weighted by Gasteiger charge is 2.19. The summed E-state index contributed by atoms with van der Waals surface area (Å²) < 4.78 is 1.88. The fraction of sp³-hybridized carbons (Fsp3) is 0.400. The Kier molecular flexibility index (Phi) is 3.41. The third kappa shape index (κ3) is 2.90. The third-order valence-corrected chi connectivity index (χ3v) is 4.20. The van der Waals surface area contributed by atoms with Gasteiger partial charge in [0.05, 0.1) is 12.2 Å². The maximum atomic E-state index is 4.63. The Bertz CT molecular complexity index is 766. The number of anilines is 1. The zero-order chi connectivity index (χ0) is 15.0. The van der Waals surface area contributed by atoms with E-state index in [0.29, 0.717) is 6.54 Å². The number of thiazole rings is 1. The molecule has 0 aliphatic heterocycles. The summed E-state index contributed by atoms with van der Waals surface area (Å²) in [6.45, 7) is 9.17. The van der Waals surface area contributed by atoms with Crippen LogP contribution in [0.5, 0.6) is 0 Å². The first kappa shape index (κ1) is 14.0. The molecule has 5 nitrogen and oxygen atoms in total. The smallest absolute Gasteiger partial charge is 0.152 e. The molecule has 21 heavy (non-hydrogen) atoms. The van der Waals surface area contributed by atoms with E-state index in [1.54, 1.807) is 17.5 Å². The Balaban J connectivity index is 1.89. The molecule has 3 heterocycles. The van der Waals surface area contributed by atoms with E-state index in [0.717, 1.165) is 27.7 Å². The molecule has 3 aromatic heterocycles. The minimum atomic E-state index is 0.0235. The molecule has 0 fully saturated rings. The van der Waals surface area contributed by atoms with Crippen LogP contribution in [0.25, 0.3) is 5.52 Å². The molecule has 0 radical (unpaired) electrons. The number of nitrogens with zero attached hydrogens (tertiary/aromatic N) is 4.